The summed E-state index contributed by atoms with van der Waals surface area (Å²) in [5.74, 6) is -0.222. The Morgan fingerprint density at radius 1 is 1.53 bits per heavy atom. The molecule has 0 aromatic carbocycles. The van der Waals surface area contributed by atoms with Gasteiger partial charge in [0.05, 0.1) is 6.54 Å². The van der Waals surface area contributed by atoms with Crippen LogP contribution in [0.5, 0.6) is 0 Å². The van der Waals surface area contributed by atoms with Gasteiger partial charge < -0.3 is 9.84 Å². The molecule has 0 saturated carbocycles. The highest BCUT2D eigenvalue weighted by Crippen LogP contribution is 2.10. The van der Waals surface area contributed by atoms with Crippen LogP contribution in [0.4, 0.5) is 0 Å². The van der Waals surface area contributed by atoms with Crippen molar-refractivity contribution < 1.29 is 9.32 Å². The first kappa shape index (κ1) is 11.6. The molecule has 0 fully saturated rings. The zero-order chi connectivity index (χ0) is 12.3. The topological polar surface area (TPSA) is 68.0 Å². The number of carbonyl (C=O) groups is 1. The molecule has 0 bridgehead atoms. The molecule has 1 N–H and O–H groups in total. The second-order valence-electron chi connectivity index (χ2n) is 3.49. The molecule has 2 rings (SSSR count). The zero-order valence-corrected chi connectivity index (χ0v) is 9.86. The highest BCUT2D eigenvalue weighted by atomic mass is 35.5. The number of aryl methyl sites for hydroxylation is 1. The third-order valence-electron chi connectivity index (χ3n) is 2.11. The Labute approximate surface area is 103 Å². The average Bonchev–Trinajstić information content (AvgIpc) is 2.77. The van der Waals surface area contributed by atoms with Crippen LogP contribution in [-0.4, -0.2) is 16.0 Å². The second-order valence-corrected chi connectivity index (χ2v) is 3.88. The molecule has 1 amide bonds. The maximum Gasteiger partial charge on any atom is 0.251 e. The Bertz CT molecular complexity index is 505. The Hall–Kier alpha value is -1.88. The number of amides is 1. The van der Waals surface area contributed by atoms with Gasteiger partial charge in [-0.15, -0.1) is 0 Å². The molecule has 5 nitrogen and oxygen atoms in total. The van der Waals surface area contributed by atoms with Crippen molar-refractivity contribution in [2.24, 2.45) is 0 Å². The molecule has 0 aliphatic heterocycles. The molecule has 0 saturated heterocycles. The summed E-state index contributed by atoms with van der Waals surface area (Å²) in [6.45, 7) is 2.09. The number of carbonyl (C=O) groups excluding carboxylic acids is 1. The van der Waals surface area contributed by atoms with Crippen LogP contribution in [0.25, 0.3) is 0 Å². The van der Waals surface area contributed by atoms with E-state index in [2.05, 4.69) is 20.0 Å². The van der Waals surface area contributed by atoms with E-state index in [9.17, 15) is 4.79 Å². The summed E-state index contributed by atoms with van der Waals surface area (Å²) in [4.78, 5) is 15.8. The van der Waals surface area contributed by atoms with Crippen molar-refractivity contribution >= 4 is 17.5 Å². The lowest BCUT2D eigenvalue weighted by atomic mass is 10.2. The van der Waals surface area contributed by atoms with Crippen LogP contribution in [0, 0.1) is 6.92 Å². The van der Waals surface area contributed by atoms with Crippen molar-refractivity contribution in [2.75, 3.05) is 0 Å². The van der Waals surface area contributed by atoms with Crippen molar-refractivity contribution in [3.05, 3.63) is 46.6 Å². The predicted molar refractivity (Wildman–Crippen MR) is 61.7 cm³/mol. The first-order valence-electron chi connectivity index (χ1n) is 4.97. The molecule has 2 aromatic rings. The number of nitrogens with zero attached hydrogens (tertiary/aromatic N) is 2. The molecule has 0 aliphatic rings. The number of hydrogen-bond acceptors (Lipinski definition) is 4. The quantitative estimate of drug-likeness (QED) is 0.847. The van der Waals surface area contributed by atoms with Gasteiger partial charge in [0.2, 0.25) is 0 Å². The number of aromatic nitrogens is 2. The van der Waals surface area contributed by atoms with Gasteiger partial charge in [-0.05, 0) is 19.1 Å². The van der Waals surface area contributed by atoms with Crippen LogP contribution in [0.15, 0.2) is 29.0 Å². The van der Waals surface area contributed by atoms with Crippen LogP contribution in [0.1, 0.15) is 21.7 Å². The van der Waals surface area contributed by atoms with Gasteiger partial charge >= 0.3 is 0 Å². The van der Waals surface area contributed by atoms with E-state index < -0.39 is 0 Å². The third-order valence-corrected chi connectivity index (χ3v) is 2.30. The Kier molecular flexibility index (Phi) is 3.39. The van der Waals surface area contributed by atoms with Crippen molar-refractivity contribution in [3.63, 3.8) is 0 Å². The fraction of sp³-hybridized carbons (Fsp3) is 0.182. The molecule has 88 valence electrons. The lowest BCUT2D eigenvalue weighted by Crippen LogP contribution is -2.23. The fourth-order valence-electron chi connectivity index (χ4n) is 1.36. The lowest BCUT2D eigenvalue weighted by Gasteiger charge is -2.04. The highest BCUT2D eigenvalue weighted by molar-refractivity contribution is 6.29. The highest BCUT2D eigenvalue weighted by Gasteiger charge is 2.08. The number of pyridine rings is 1. The van der Waals surface area contributed by atoms with Gasteiger partial charge in [0.1, 0.15) is 17.1 Å². The van der Waals surface area contributed by atoms with E-state index in [0.717, 1.165) is 0 Å². The largest absolute Gasteiger partial charge is 0.364 e. The van der Waals surface area contributed by atoms with E-state index in [1.807, 2.05) is 0 Å². The summed E-state index contributed by atoms with van der Waals surface area (Å²) in [6, 6.07) is 4.88. The SMILES string of the molecule is Cc1cc(C(=O)NCc2ccon2)cc(Cl)n1. The van der Waals surface area contributed by atoms with E-state index >= 15 is 0 Å². The number of rotatable bonds is 3. The maximum absolute atomic E-state index is 11.8. The van der Waals surface area contributed by atoms with Crippen molar-refractivity contribution in [1.29, 1.82) is 0 Å². The summed E-state index contributed by atoms with van der Waals surface area (Å²) in [5.41, 5.74) is 1.84. The molecule has 0 spiro atoms. The van der Waals surface area contributed by atoms with Gasteiger partial charge in [-0.25, -0.2) is 4.98 Å². The molecular weight excluding hydrogens is 242 g/mol. The maximum atomic E-state index is 11.8. The van der Waals surface area contributed by atoms with Crippen molar-refractivity contribution in [3.8, 4) is 0 Å². The van der Waals surface area contributed by atoms with Crippen LogP contribution in [0.3, 0.4) is 0 Å². The van der Waals surface area contributed by atoms with Gasteiger partial charge in [-0.3, -0.25) is 4.79 Å². The van der Waals surface area contributed by atoms with E-state index in [0.29, 0.717) is 28.6 Å². The normalized spacial score (nSPS) is 10.2. The Morgan fingerprint density at radius 3 is 3.00 bits per heavy atom. The summed E-state index contributed by atoms with van der Waals surface area (Å²) in [5, 5.41) is 6.70. The van der Waals surface area contributed by atoms with E-state index in [-0.39, 0.29) is 5.91 Å². The minimum atomic E-state index is -0.222. The first-order chi connectivity index (χ1) is 8.15. The van der Waals surface area contributed by atoms with Gasteiger partial charge in [-0.1, -0.05) is 16.8 Å². The minimum absolute atomic E-state index is 0.222. The first-order valence-corrected chi connectivity index (χ1v) is 5.34. The van der Waals surface area contributed by atoms with Gasteiger partial charge in [0.15, 0.2) is 0 Å². The van der Waals surface area contributed by atoms with Crippen LogP contribution in [0.2, 0.25) is 5.15 Å². The summed E-state index contributed by atoms with van der Waals surface area (Å²) < 4.78 is 4.66. The zero-order valence-electron chi connectivity index (χ0n) is 9.11. The van der Waals surface area contributed by atoms with E-state index in [1.165, 1.54) is 12.3 Å². The standard InChI is InChI=1S/C11H10ClN3O2/c1-7-4-8(5-10(12)14-7)11(16)13-6-9-2-3-17-15-9/h2-5H,6H2,1H3,(H,13,16). The third kappa shape index (κ3) is 3.04. The second kappa shape index (κ2) is 4.97. The molecule has 6 heteroatoms. The molecule has 0 atom stereocenters. The number of nitrogens with one attached hydrogen (secondary N) is 1. The average molecular weight is 252 g/mol. The summed E-state index contributed by atoms with van der Waals surface area (Å²) >= 11 is 5.78. The number of halogens is 1. The van der Waals surface area contributed by atoms with Crippen LogP contribution >= 0.6 is 11.6 Å². The molecule has 2 aromatic heterocycles. The monoisotopic (exact) mass is 251 g/mol. The summed E-state index contributed by atoms with van der Waals surface area (Å²) in [7, 11) is 0. The lowest BCUT2D eigenvalue weighted by molar-refractivity contribution is 0.0950. The molecular formula is C11H10ClN3O2. The molecule has 2 heterocycles. The molecule has 0 aliphatic carbocycles. The van der Waals surface area contributed by atoms with E-state index in [4.69, 9.17) is 11.6 Å². The fourth-order valence-corrected chi connectivity index (χ4v) is 1.61. The molecule has 0 unspecified atom stereocenters. The summed E-state index contributed by atoms with van der Waals surface area (Å²) in [6.07, 6.45) is 1.45. The molecule has 0 radical (unpaired) electrons. The van der Waals surface area contributed by atoms with Crippen LogP contribution < -0.4 is 5.32 Å². The minimum Gasteiger partial charge on any atom is -0.364 e. The van der Waals surface area contributed by atoms with Crippen molar-refractivity contribution in [1.82, 2.24) is 15.5 Å². The predicted octanol–water partition coefficient (Wildman–Crippen LogP) is 1.96. The van der Waals surface area contributed by atoms with Crippen LogP contribution in [-0.2, 0) is 6.54 Å². The molecule has 17 heavy (non-hydrogen) atoms. The smallest absolute Gasteiger partial charge is 0.251 e. The number of hydrogen-bond donors (Lipinski definition) is 1. The van der Waals surface area contributed by atoms with Gasteiger partial charge in [-0.2, -0.15) is 0 Å². The van der Waals surface area contributed by atoms with Crippen molar-refractivity contribution in [2.45, 2.75) is 13.5 Å². The van der Waals surface area contributed by atoms with E-state index in [1.54, 1.807) is 19.1 Å². The Morgan fingerprint density at radius 2 is 2.35 bits per heavy atom. The van der Waals surface area contributed by atoms with Gasteiger partial charge in [0.25, 0.3) is 5.91 Å². The van der Waals surface area contributed by atoms with Gasteiger partial charge in [0, 0.05) is 17.3 Å². The Balaban J connectivity index is 2.04.